The molecule has 158 valence electrons. The average Bonchev–Trinajstić information content (AvgIpc) is 3.22. The van der Waals surface area contributed by atoms with Gasteiger partial charge in [-0.1, -0.05) is 30.3 Å². The molecule has 1 aliphatic heterocycles. The van der Waals surface area contributed by atoms with Crippen LogP contribution in [0.15, 0.2) is 52.6 Å². The van der Waals surface area contributed by atoms with Gasteiger partial charge in [-0.15, -0.1) is 11.3 Å². The van der Waals surface area contributed by atoms with Crippen LogP contribution in [0.1, 0.15) is 22.7 Å². The quantitative estimate of drug-likeness (QED) is 0.511. The molecule has 1 atom stereocenters. The third-order valence-electron chi connectivity index (χ3n) is 5.64. The second-order valence-electron chi connectivity index (χ2n) is 7.30. The molecule has 2 aromatic carbocycles. The topological polar surface area (TPSA) is 85.1 Å². The van der Waals surface area contributed by atoms with Crippen molar-refractivity contribution in [3.63, 3.8) is 0 Å². The van der Waals surface area contributed by atoms with Crippen molar-refractivity contribution in [2.75, 3.05) is 20.8 Å². The number of nitrogens with zero attached hydrogens (tertiary/aromatic N) is 2. The molecule has 4 aromatic rings. The molecule has 2 N–H and O–H groups in total. The van der Waals surface area contributed by atoms with Crippen molar-refractivity contribution in [2.45, 2.75) is 12.5 Å². The van der Waals surface area contributed by atoms with Gasteiger partial charge < -0.3 is 19.9 Å². The van der Waals surface area contributed by atoms with Gasteiger partial charge in [-0.3, -0.25) is 9.20 Å². The predicted molar refractivity (Wildman–Crippen MR) is 120 cm³/mol. The van der Waals surface area contributed by atoms with Gasteiger partial charge in [0.15, 0.2) is 16.5 Å². The van der Waals surface area contributed by atoms with Crippen molar-refractivity contribution >= 4 is 16.3 Å². The Bertz CT molecular complexity index is 1330. The van der Waals surface area contributed by atoms with E-state index in [0.29, 0.717) is 23.0 Å². The lowest BCUT2D eigenvalue weighted by Gasteiger charge is -2.28. The number of nitrogens with one attached hydrogen (secondary N) is 1. The zero-order valence-corrected chi connectivity index (χ0v) is 17.9. The SMILES string of the molecule is COc1cc2c(cc1OC)[C@@H](c1c(O)nc3scc(-c4ccccc4)n3c1=O)NCC2. The molecule has 0 fully saturated rings. The zero-order valence-electron chi connectivity index (χ0n) is 17.1. The Kier molecular flexibility index (Phi) is 4.88. The Morgan fingerprint density at radius 1 is 1.16 bits per heavy atom. The maximum atomic E-state index is 13.7. The predicted octanol–water partition coefficient (Wildman–Crippen LogP) is 3.38. The molecule has 7 nitrogen and oxygen atoms in total. The Hall–Kier alpha value is -3.36. The molecule has 0 bridgehead atoms. The summed E-state index contributed by atoms with van der Waals surface area (Å²) in [4.78, 5) is 18.5. The van der Waals surface area contributed by atoms with Crippen LogP contribution in [0.4, 0.5) is 0 Å². The van der Waals surface area contributed by atoms with Crippen molar-refractivity contribution < 1.29 is 14.6 Å². The molecule has 0 unspecified atom stereocenters. The van der Waals surface area contributed by atoms with Gasteiger partial charge in [-0.05, 0) is 35.2 Å². The second kappa shape index (κ2) is 7.72. The Morgan fingerprint density at radius 3 is 2.65 bits per heavy atom. The number of hydrogen-bond donors (Lipinski definition) is 2. The van der Waals surface area contributed by atoms with Crippen molar-refractivity contribution in [3.05, 3.63) is 74.9 Å². The summed E-state index contributed by atoms with van der Waals surface area (Å²) >= 11 is 1.32. The van der Waals surface area contributed by atoms with Crippen LogP contribution in [0.2, 0.25) is 0 Å². The van der Waals surface area contributed by atoms with Gasteiger partial charge in [0.05, 0.1) is 26.0 Å². The van der Waals surface area contributed by atoms with Crippen LogP contribution in [0.5, 0.6) is 17.4 Å². The zero-order chi connectivity index (χ0) is 21.5. The second-order valence-corrected chi connectivity index (χ2v) is 8.14. The molecular formula is C23H21N3O4S. The lowest BCUT2D eigenvalue weighted by atomic mass is 9.90. The number of benzene rings is 2. The minimum atomic E-state index is -0.510. The first-order chi connectivity index (χ1) is 15.1. The number of aromatic nitrogens is 2. The first-order valence-electron chi connectivity index (χ1n) is 9.89. The molecule has 0 saturated heterocycles. The van der Waals surface area contributed by atoms with Crippen LogP contribution < -0.4 is 20.3 Å². The summed E-state index contributed by atoms with van der Waals surface area (Å²) in [5.74, 6) is 0.955. The third kappa shape index (κ3) is 3.15. The summed E-state index contributed by atoms with van der Waals surface area (Å²) in [5.41, 5.74) is 3.51. The molecule has 0 radical (unpaired) electrons. The van der Waals surface area contributed by atoms with Crippen LogP contribution in [-0.4, -0.2) is 35.3 Å². The van der Waals surface area contributed by atoms with Gasteiger partial charge in [0.1, 0.15) is 5.56 Å². The van der Waals surface area contributed by atoms with E-state index in [0.717, 1.165) is 28.8 Å². The van der Waals surface area contributed by atoms with Crippen LogP contribution in [0.3, 0.4) is 0 Å². The van der Waals surface area contributed by atoms with E-state index < -0.39 is 6.04 Å². The molecule has 5 rings (SSSR count). The fourth-order valence-corrected chi connectivity index (χ4v) is 5.04. The van der Waals surface area contributed by atoms with E-state index in [9.17, 15) is 9.90 Å². The van der Waals surface area contributed by atoms with Gasteiger partial charge in [0, 0.05) is 11.9 Å². The lowest BCUT2D eigenvalue weighted by molar-refractivity contribution is 0.352. The minimum Gasteiger partial charge on any atom is -0.493 e. The maximum Gasteiger partial charge on any atom is 0.268 e. The van der Waals surface area contributed by atoms with Crippen LogP contribution in [0.25, 0.3) is 16.2 Å². The highest BCUT2D eigenvalue weighted by atomic mass is 32.1. The van der Waals surface area contributed by atoms with Crippen LogP contribution in [0, 0.1) is 0 Å². The standard InChI is InChI=1S/C23H21N3O4S/c1-29-17-10-14-8-9-24-20(15(14)11-18(17)30-2)19-21(27)25-23-26(22(19)28)16(12-31-23)13-6-4-3-5-7-13/h3-7,10-12,20,24,27H,8-9H2,1-2H3/t20-/m0/s1. The van der Waals surface area contributed by atoms with Crippen molar-refractivity contribution in [1.29, 1.82) is 0 Å². The monoisotopic (exact) mass is 435 g/mol. The number of rotatable bonds is 4. The van der Waals surface area contributed by atoms with Crippen molar-refractivity contribution in [1.82, 2.24) is 14.7 Å². The van der Waals surface area contributed by atoms with Gasteiger partial charge in [-0.2, -0.15) is 4.98 Å². The highest BCUT2D eigenvalue weighted by Crippen LogP contribution is 2.38. The molecule has 3 heterocycles. The number of ether oxygens (including phenoxy) is 2. The third-order valence-corrected chi connectivity index (χ3v) is 6.47. The molecule has 2 aromatic heterocycles. The molecule has 0 amide bonds. The Balaban J connectivity index is 1.73. The van der Waals surface area contributed by atoms with E-state index in [1.807, 2.05) is 47.8 Å². The summed E-state index contributed by atoms with van der Waals surface area (Å²) in [6.45, 7) is 0.657. The molecule has 1 aliphatic rings. The van der Waals surface area contributed by atoms with E-state index in [4.69, 9.17) is 9.47 Å². The fraction of sp³-hybridized carbons (Fsp3) is 0.217. The van der Waals surface area contributed by atoms with Gasteiger partial charge in [-0.25, -0.2) is 0 Å². The summed E-state index contributed by atoms with van der Waals surface area (Å²) in [5, 5.41) is 16.0. The first kappa shape index (κ1) is 19.6. The normalized spacial score (nSPS) is 15.6. The largest absolute Gasteiger partial charge is 0.493 e. The van der Waals surface area contributed by atoms with Crippen molar-refractivity contribution in [2.24, 2.45) is 0 Å². The molecule has 0 saturated carbocycles. The fourth-order valence-electron chi connectivity index (χ4n) is 4.16. The Morgan fingerprint density at radius 2 is 1.90 bits per heavy atom. The van der Waals surface area contributed by atoms with Crippen LogP contribution >= 0.6 is 11.3 Å². The number of hydrogen-bond acceptors (Lipinski definition) is 7. The van der Waals surface area contributed by atoms with Crippen molar-refractivity contribution in [3.8, 4) is 28.6 Å². The number of fused-ring (bicyclic) bond motifs is 2. The Labute approximate surface area is 182 Å². The maximum absolute atomic E-state index is 13.7. The first-order valence-corrected chi connectivity index (χ1v) is 10.8. The smallest absolute Gasteiger partial charge is 0.268 e. The van der Waals surface area contributed by atoms with Gasteiger partial charge in [0.2, 0.25) is 5.88 Å². The number of methoxy groups -OCH3 is 2. The summed E-state index contributed by atoms with van der Waals surface area (Å²) < 4.78 is 12.5. The highest BCUT2D eigenvalue weighted by molar-refractivity contribution is 7.15. The minimum absolute atomic E-state index is 0.223. The van der Waals surface area contributed by atoms with E-state index in [-0.39, 0.29) is 17.0 Å². The van der Waals surface area contributed by atoms with E-state index in [1.165, 1.54) is 11.3 Å². The van der Waals surface area contributed by atoms with Gasteiger partial charge >= 0.3 is 0 Å². The van der Waals surface area contributed by atoms with E-state index in [2.05, 4.69) is 10.3 Å². The van der Waals surface area contributed by atoms with Gasteiger partial charge in [0.25, 0.3) is 5.56 Å². The van der Waals surface area contributed by atoms with Crippen LogP contribution in [-0.2, 0) is 6.42 Å². The number of aromatic hydroxyl groups is 1. The summed E-state index contributed by atoms with van der Waals surface area (Å²) in [6.07, 6.45) is 0.775. The molecule has 8 heteroatoms. The molecule has 31 heavy (non-hydrogen) atoms. The molecule has 0 aliphatic carbocycles. The lowest BCUT2D eigenvalue weighted by Crippen LogP contribution is -2.35. The number of thiazole rings is 1. The summed E-state index contributed by atoms with van der Waals surface area (Å²) in [7, 11) is 3.17. The highest BCUT2D eigenvalue weighted by Gasteiger charge is 2.30. The molecule has 0 spiro atoms. The van der Waals surface area contributed by atoms with E-state index >= 15 is 0 Å². The summed E-state index contributed by atoms with van der Waals surface area (Å²) in [6, 6.07) is 13.0. The molecular weight excluding hydrogens is 414 g/mol. The van der Waals surface area contributed by atoms with E-state index in [1.54, 1.807) is 18.6 Å². The average molecular weight is 436 g/mol.